The Balaban J connectivity index is 0. The van der Waals surface area contributed by atoms with Crippen molar-refractivity contribution in [3.63, 3.8) is 0 Å². The molecule has 0 aromatic heterocycles. The summed E-state index contributed by atoms with van der Waals surface area (Å²) in [5.41, 5.74) is -19.2. The third kappa shape index (κ3) is 16.1. The summed E-state index contributed by atoms with van der Waals surface area (Å²) in [6.45, 7) is 5.49. The van der Waals surface area contributed by atoms with Crippen molar-refractivity contribution < 1.29 is 98.7 Å². The van der Waals surface area contributed by atoms with Crippen LogP contribution in [0.2, 0.25) is 0 Å². The topological polar surface area (TPSA) is 198 Å². The van der Waals surface area contributed by atoms with Crippen LogP contribution in [-0.2, 0) is 58.2 Å². The van der Waals surface area contributed by atoms with Crippen LogP contribution in [0.25, 0.3) is 0 Å². The molecule has 0 N–H and O–H groups in total. The average Bonchev–Trinajstić information content (AvgIpc) is 3.29. The van der Waals surface area contributed by atoms with E-state index in [0.717, 1.165) is 70.1 Å². The molecule has 0 aliphatic carbocycles. The van der Waals surface area contributed by atoms with E-state index in [1.807, 2.05) is 7.05 Å². The highest BCUT2D eigenvalue weighted by Gasteiger charge is 2.61. The Bertz CT molecular complexity index is 2140. The number of likely N-dealkylation sites (tertiary alicyclic amines) is 3. The maximum Gasteiger partial charge on any atom is 0.534 e. The van der Waals surface area contributed by atoms with E-state index in [9.17, 15) is 79.2 Å². The number of ether oxygens (including phenoxy) is 2. The zero-order valence-electron chi connectivity index (χ0n) is 40.1. The van der Waals surface area contributed by atoms with Crippen LogP contribution in [0, 0.1) is 11.8 Å². The molecule has 3 fully saturated rings. The number of carbonyl (C=O) groups excluding carboxylic acids is 3. The molecule has 4 aliphatic rings. The number of benzene rings is 1. The molecule has 68 heavy (non-hydrogen) atoms. The molecule has 4 heterocycles. The summed E-state index contributed by atoms with van der Waals surface area (Å²) in [5, 5.41) is 0. The van der Waals surface area contributed by atoms with E-state index < -0.39 is 62.1 Å². The molecular formula is C39H64F9N5O12S3. The Morgan fingerprint density at radius 1 is 0.647 bits per heavy atom. The summed E-state index contributed by atoms with van der Waals surface area (Å²) in [7, 11) is -12.4. The number of methoxy groups -OCH3 is 2. The quantitative estimate of drug-likeness (QED) is 0.111. The Morgan fingerprint density at radius 3 is 1.37 bits per heavy atom. The van der Waals surface area contributed by atoms with Gasteiger partial charge in [0.2, 0.25) is 0 Å². The second-order valence-electron chi connectivity index (χ2n) is 15.6. The van der Waals surface area contributed by atoms with Crippen LogP contribution >= 0.6 is 0 Å². The van der Waals surface area contributed by atoms with Gasteiger partial charge in [-0.15, -0.1) is 3.71 Å². The lowest BCUT2D eigenvalue weighted by Gasteiger charge is -2.40. The molecule has 2 unspecified atom stereocenters. The summed E-state index contributed by atoms with van der Waals surface area (Å²) >= 11 is 0. The SMILES string of the molecule is C.C.COC(=O)C(C1CCN(C)CC1)N1CC=C(OS(=O)(=O)C(F)(F)F)CC1.COC(=O)C(C1CCN(C)CC1)N1CCC(=O)CC1.O=S(=O)(N(c1ccccc1)S(=O)(=O)C(F)(F)F)C(F)(F)F.[2H][2H].[2H][2H]. The largest absolute Gasteiger partial charge is 0.534 e. The molecule has 0 bridgehead atoms. The van der Waals surface area contributed by atoms with Crippen molar-refractivity contribution in [3.05, 3.63) is 42.2 Å². The van der Waals surface area contributed by atoms with Gasteiger partial charge in [0, 0.05) is 51.4 Å². The summed E-state index contributed by atoms with van der Waals surface area (Å²) in [6.07, 6.45) is 6.05. The first kappa shape index (κ1) is 58.5. The summed E-state index contributed by atoms with van der Waals surface area (Å²) in [5.74, 6) is -0.0387. The predicted molar refractivity (Wildman–Crippen MR) is 235 cm³/mol. The second-order valence-corrected chi connectivity index (χ2v) is 21.0. The standard InChI is InChI=1S/C15H23F3N2O5S.C14H24N2O3.C8H5F6NO4S2.2CH4.2H2/c1-19-7-3-11(4-8-19)13(14(21)24-2)20-9-5-12(6-10-20)25-26(22,23)15(16,17)18;1-15-7-3-11(4-8-15)13(14(18)19-2)16-9-5-12(17)6-10-16;9-7(10,11)20(16,17)15(6-4-2-1-3-5-6)21(18,19)8(12,13)14;;;;/h5,11,13H,3-4,6-10H2,1-2H3;11,13H,3-10H2,1-2H3;1-5H;2*1H4;2*1H/i;;;;;2*1+1D. The van der Waals surface area contributed by atoms with Gasteiger partial charge in [0.05, 0.1) is 19.9 Å². The molecule has 2 atom stereocenters. The molecule has 398 valence electrons. The minimum absolute atomic E-state index is 0. The first-order valence-electron chi connectivity index (χ1n) is 22.1. The van der Waals surface area contributed by atoms with Crippen molar-refractivity contribution in [2.45, 2.75) is 88.4 Å². The molecule has 4 aliphatic heterocycles. The zero-order chi connectivity index (χ0) is 54.1. The number of para-hydroxylation sites is 1. The Kier molecular flexibility index (Phi) is 21.8. The van der Waals surface area contributed by atoms with Crippen molar-refractivity contribution in [3.8, 4) is 0 Å². The number of nitrogens with zero attached hydrogens (tertiary/aromatic N) is 5. The molecule has 0 amide bonds. The number of halogens is 9. The number of piperidine rings is 3. The number of esters is 2. The van der Waals surface area contributed by atoms with Crippen molar-refractivity contribution in [2.24, 2.45) is 11.8 Å². The maximum atomic E-state index is 12.4. The highest BCUT2D eigenvalue weighted by Crippen LogP contribution is 2.39. The van der Waals surface area contributed by atoms with Gasteiger partial charge in [-0.2, -0.15) is 64.8 Å². The van der Waals surface area contributed by atoms with Gasteiger partial charge in [-0.3, -0.25) is 24.2 Å². The van der Waals surface area contributed by atoms with Crippen LogP contribution in [0.1, 0.15) is 65.7 Å². The van der Waals surface area contributed by atoms with E-state index in [4.69, 9.17) is 15.4 Å². The molecule has 0 spiro atoms. The highest BCUT2D eigenvalue weighted by atomic mass is 32.3. The van der Waals surface area contributed by atoms with Gasteiger partial charge < -0.3 is 23.5 Å². The highest BCUT2D eigenvalue weighted by molar-refractivity contribution is 8.11. The van der Waals surface area contributed by atoms with Crippen LogP contribution in [0.5, 0.6) is 0 Å². The fourth-order valence-electron chi connectivity index (χ4n) is 7.59. The number of rotatable bonds is 11. The molecule has 29 heteroatoms. The minimum Gasteiger partial charge on any atom is -0.468 e. The summed E-state index contributed by atoms with van der Waals surface area (Å²) in [6, 6.07) is 3.18. The van der Waals surface area contributed by atoms with Crippen LogP contribution in [-0.4, -0.2) is 172 Å². The molecule has 17 nitrogen and oxygen atoms in total. The van der Waals surface area contributed by atoms with Gasteiger partial charge in [-0.1, -0.05) is 33.1 Å². The monoisotopic (exact) mass is 1070 g/mol. The van der Waals surface area contributed by atoms with Gasteiger partial charge in [-0.25, -0.2) is 0 Å². The molecule has 3 saturated heterocycles. The molecule has 5 rings (SSSR count). The van der Waals surface area contributed by atoms with Crippen LogP contribution in [0.3, 0.4) is 0 Å². The van der Waals surface area contributed by atoms with Gasteiger partial charge in [0.15, 0.2) is 0 Å². The Labute approximate surface area is 397 Å². The lowest BCUT2D eigenvalue weighted by Crippen LogP contribution is -2.52. The molecular weight excluding hydrogens is 998 g/mol. The predicted octanol–water partition coefficient (Wildman–Crippen LogP) is 5.82. The number of Topliss-reactive ketones (excluding diaryl/α,β-unsaturated/α-hetero) is 1. The van der Waals surface area contributed by atoms with Crippen molar-refractivity contribution >= 4 is 53.6 Å². The van der Waals surface area contributed by atoms with Crippen LogP contribution < -0.4 is 3.71 Å². The first-order valence-corrected chi connectivity index (χ1v) is 24.4. The van der Waals surface area contributed by atoms with Crippen molar-refractivity contribution in [1.29, 1.82) is 0 Å². The smallest absolute Gasteiger partial charge is 0.468 e. The van der Waals surface area contributed by atoms with Crippen molar-refractivity contribution in [1.82, 2.24) is 19.6 Å². The minimum atomic E-state index is -6.81. The van der Waals surface area contributed by atoms with Gasteiger partial charge >= 0.3 is 58.6 Å². The third-order valence-corrected chi connectivity index (χ3v) is 15.8. The zero-order valence-corrected chi connectivity index (χ0v) is 38.6. The lowest BCUT2D eigenvalue weighted by molar-refractivity contribution is -0.151. The number of hydrogen-bond donors (Lipinski definition) is 0. The number of sulfonamides is 2. The van der Waals surface area contributed by atoms with Crippen LogP contribution in [0.15, 0.2) is 42.2 Å². The molecule has 0 radical (unpaired) electrons. The van der Waals surface area contributed by atoms with E-state index in [0.29, 0.717) is 49.8 Å². The fourth-order valence-corrected chi connectivity index (χ4v) is 10.8. The Hall–Kier alpha value is -3.77. The average molecular weight is 1070 g/mol. The van der Waals surface area contributed by atoms with Gasteiger partial charge in [0.25, 0.3) is 0 Å². The molecule has 0 saturated carbocycles. The normalized spacial score (nSPS) is 20.2. The lowest BCUT2D eigenvalue weighted by atomic mass is 9.87. The molecule has 1 aromatic rings. The van der Waals surface area contributed by atoms with E-state index in [2.05, 4.69) is 25.9 Å². The number of anilines is 1. The van der Waals surface area contributed by atoms with Gasteiger partial charge in [-0.05, 0) is 96.0 Å². The number of carbonyl (C=O) groups is 3. The van der Waals surface area contributed by atoms with E-state index in [-0.39, 0.29) is 64.0 Å². The van der Waals surface area contributed by atoms with Gasteiger partial charge in [0.1, 0.15) is 23.6 Å². The molecule has 1 aromatic carbocycles. The number of alkyl halides is 9. The fraction of sp³-hybridized carbons (Fsp3) is 0.718. The summed E-state index contributed by atoms with van der Waals surface area (Å²) in [4.78, 5) is 44.1. The van der Waals surface area contributed by atoms with E-state index >= 15 is 0 Å². The number of hydrogen-bond acceptors (Lipinski definition) is 16. The summed E-state index contributed by atoms with van der Waals surface area (Å²) < 4.78 is 211. The second kappa shape index (κ2) is 25.4. The third-order valence-electron chi connectivity index (χ3n) is 11.1. The number of ketones is 1. The first-order chi connectivity index (χ1) is 32.4. The van der Waals surface area contributed by atoms with Crippen LogP contribution in [0.4, 0.5) is 45.2 Å². The Morgan fingerprint density at radius 2 is 1.03 bits per heavy atom. The van der Waals surface area contributed by atoms with E-state index in [1.165, 1.54) is 20.3 Å². The van der Waals surface area contributed by atoms with E-state index in [1.54, 1.807) is 4.90 Å². The van der Waals surface area contributed by atoms with Crippen molar-refractivity contribution in [2.75, 3.05) is 84.4 Å². The maximum absolute atomic E-state index is 12.4.